The first-order valence-electron chi connectivity index (χ1n) is 6.34. The second-order valence-electron chi connectivity index (χ2n) is 5.03. The van der Waals surface area contributed by atoms with Crippen LogP contribution in [0.2, 0.25) is 0 Å². The lowest BCUT2D eigenvalue weighted by molar-refractivity contribution is 0.101. The number of halogens is 2. The first-order valence-corrected chi connectivity index (χ1v) is 6.34. The molecule has 0 bridgehead atoms. The van der Waals surface area contributed by atoms with Crippen molar-refractivity contribution in [2.45, 2.75) is 51.0 Å². The van der Waals surface area contributed by atoms with Crippen molar-refractivity contribution in [3.8, 4) is 0 Å². The van der Waals surface area contributed by atoms with Crippen LogP contribution in [0.5, 0.6) is 0 Å². The normalized spacial score (nSPS) is 27.9. The van der Waals surface area contributed by atoms with Crippen LogP contribution in [0.3, 0.4) is 0 Å². The number of nitrogens with two attached hydrogens (primary N) is 1. The Kier molecular flexibility index (Phi) is 8.84. The third-order valence-electron chi connectivity index (χ3n) is 3.97. The van der Waals surface area contributed by atoms with E-state index in [1.54, 1.807) is 0 Å². The summed E-state index contributed by atoms with van der Waals surface area (Å²) in [5.41, 5.74) is 5.77. The molecule has 0 spiro atoms. The quantitative estimate of drug-likeness (QED) is 0.835. The molecule has 0 aromatic carbocycles. The summed E-state index contributed by atoms with van der Waals surface area (Å²) in [5, 5.41) is 0. The number of hydrogen-bond donors (Lipinski definition) is 1. The second-order valence-corrected chi connectivity index (χ2v) is 5.03. The van der Waals surface area contributed by atoms with Gasteiger partial charge in [-0.3, -0.25) is 0 Å². The first kappa shape index (κ1) is 16.5. The second kappa shape index (κ2) is 8.57. The molecule has 1 aliphatic carbocycles. The minimum Gasteiger partial charge on any atom is -0.330 e. The molecule has 0 amide bonds. The van der Waals surface area contributed by atoms with E-state index in [2.05, 4.69) is 4.90 Å². The third-order valence-corrected chi connectivity index (χ3v) is 3.97. The smallest absolute Gasteiger partial charge is 0.00953 e. The molecule has 0 radical (unpaired) electrons. The molecular weight excluding hydrogens is 243 g/mol. The third kappa shape index (κ3) is 4.40. The Hall–Kier alpha value is 0.500. The van der Waals surface area contributed by atoms with Crippen LogP contribution in [-0.2, 0) is 0 Å². The van der Waals surface area contributed by atoms with Gasteiger partial charge in [-0.2, -0.15) is 0 Å². The molecule has 16 heavy (non-hydrogen) atoms. The molecular formula is C12H26Cl2N2. The van der Waals surface area contributed by atoms with Crippen LogP contribution in [0.1, 0.15) is 44.9 Å². The van der Waals surface area contributed by atoms with Crippen molar-refractivity contribution in [2.24, 2.45) is 11.7 Å². The highest BCUT2D eigenvalue weighted by molar-refractivity contribution is 5.85. The van der Waals surface area contributed by atoms with Crippen molar-refractivity contribution < 1.29 is 0 Å². The fraction of sp³-hybridized carbons (Fsp3) is 1.00. The molecule has 1 saturated carbocycles. The lowest BCUT2D eigenvalue weighted by atomic mass is 9.90. The van der Waals surface area contributed by atoms with Crippen molar-refractivity contribution in [3.05, 3.63) is 0 Å². The van der Waals surface area contributed by atoms with Gasteiger partial charge in [-0.1, -0.05) is 19.3 Å². The topological polar surface area (TPSA) is 29.3 Å². The molecule has 1 heterocycles. The molecule has 2 nitrogen and oxygen atoms in total. The van der Waals surface area contributed by atoms with E-state index in [0.29, 0.717) is 0 Å². The van der Waals surface area contributed by atoms with Gasteiger partial charge in [0, 0.05) is 12.6 Å². The van der Waals surface area contributed by atoms with E-state index in [4.69, 9.17) is 5.73 Å². The molecule has 0 aromatic rings. The Morgan fingerprint density at radius 1 is 0.938 bits per heavy atom. The molecule has 98 valence electrons. The summed E-state index contributed by atoms with van der Waals surface area (Å²) in [7, 11) is 0. The predicted octanol–water partition coefficient (Wildman–Crippen LogP) is 2.83. The molecule has 2 N–H and O–H groups in total. The average Bonchev–Trinajstić information content (AvgIpc) is 2.30. The zero-order chi connectivity index (χ0) is 9.80. The Bertz CT molecular complexity index is 172. The number of hydrogen-bond acceptors (Lipinski definition) is 2. The van der Waals surface area contributed by atoms with Gasteiger partial charge < -0.3 is 10.6 Å². The van der Waals surface area contributed by atoms with E-state index >= 15 is 0 Å². The van der Waals surface area contributed by atoms with Crippen LogP contribution in [-0.4, -0.2) is 30.6 Å². The van der Waals surface area contributed by atoms with Gasteiger partial charge in [-0.15, -0.1) is 24.8 Å². The summed E-state index contributed by atoms with van der Waals surface area (Å²) in [6, 6.07) is 0.901. The molecule has 2 fully saturated rings. The number of nitrogens with zero attached hydrogens (tertiary/aromatic N) is 1. The maximum absolute atomic E-state index is 5.77. The zero-order valence-corrected chi connectivity index (χ0v) is 11.7. The molecule has 1 aliphatic heterocycles. The van der Waals surface area contributed by atoms with Crippen LogP contribution in [0.25, 0.3) is 0 Å². The highest BCUT2D eigenvalue weighted by Gasteiger charge is 2.25. The Morgan fingerprint density at radius 2 is 1.62 bits per heavy atom. The fourth-order valence-corrected chi connectivity index (χ4v) is 3.07. The number of piperidine rings is 1. The van der Waals surface area contributed by atoms with Gasteiger partial charge in [0.05, 0.1) is 0 Å². The molecule has 2 aliphatic rings. The van der Waals surface area contributed by atoms with Crippen molar-refractivity contribution in [1.29, 1.82) is 0 Å². The minimum atomic E-state index is 0. The van der Waals surface area contributed by atoms with E-state index in [1.165, 1.54) is 58.0 Å². The van der Waals surface area contributed by atoms with Gasteiger partial charge in [0.1, 0.15) is 0 Å². The van der Waals surface area contributed by atoms with Crippen LogP contribution in [0.4, 0.5) is 0 Å². The van der Waals surface area contributed by atoms with Crippen molar-refractivity contribution >= 4 is 24.8 Å². The van der Waals surface area contributed by atoms with Gasteiger partial charge in [0.15, 0.2) is 0 Å². The Morgan fingerprint density at radius 3 is 2.25 bits per heavy atom. The van der Waals surface area contributed by atoms with E-state index in [1.807, 2.05) is 0 Å². The highest BCUT2D eigenvalue weighted by atomic mass is 35.5. The Balaban J connectivity index is 0.00000112. The average molecular weight is 269 g/mol. The standard InChI is InChI=1S/C12H24N2.2ClH/c13-9-11-5-4-8-14(10-11)12-6-2-1-3-7-12;;/h11-12H,1-10,13H2;2*1H. The molecule has 0 aromatic heterocycles. The monoisotopic (exact) mass is 268 g/mol. The summed E-state index contributed by atoms with van der Waals surface area (Å²) in [6.07, 6.45) is 9.99. The summed E-state index contributed by atoms with van der Waals surface area (Å²) in [5.74, 6) is 0.783. The van der Waals surface area contributed by atoms with Crippen molar-refractivity contribution in [1.82, 2.24) is 4.90 Å². The van der Waals surface area contributed by atoms with Crippen LogP contribution in [0, 0.1) is 5.92 Å². The van der Waals surface area contributed by atoms with Crippen LogP contribution in [0.15, 0.2) is 0 Å². The number of rotatable bonds is 2. The SMILES string of the molecule is Cl.Cl.NCC1CCCN(C2CCCCC2)C1. The number of likely N-dealkylation sites (tertiary alicyclic amines) is 1. The highest BCUT2D eigenvalue weighted by Crippen LogP contribution is 2.26. The summed E-state index contributed by atoms with van der Waals surface area (Å²) in [6.45, 7) is 3.51. The van der Waals surface area contributed by atoms with Gasteiger partial charge in [0.25, 0.3) is 0 Å². The van der Waals surface area contributed by atoms with Crippen LogP contribution < -0.4 is 5.73 Å². The first-order chi connectivity index (χ1) is 6.90. The van der Waals surface area contributed by atoms with E-state index < -0.39 is 0 Å². The van der Waals surface area contributed by atoms with Crippen molar-refractivity contribution in [2.75, 3.05) is 19.6 Å². The summed E-state index contributed by atoms with van der Waals surface area (Å²) in [4.78, 5) is 2.72. The van der Waals surface area contributed by atoms with E-state index in [-0.39, 0.29) is 24.8 Å². The fourth-order valence-electron chi connectivity index (χ4n) is 3.07. The lowest BCUT2D eigenvalue weighted by Crippen LogP contribution is -2.45. The molecule has 1 unspecified atom stereocenters. The maximum atomic E-state index is 5.77. The van der Waals surface area contributed by atoms with E-state index in [0.717, 1.165) is 18.5 Å². The minimum absolute atomic E-state index is 0. The predicted molar refractivity (Wildman–Crippen MR) is 74.7 cm³/mol. The van der Waals surface area contributed by atoms with Crippen LogP contribution >= 0.6 is 24.8 Å². The van der Waals surface area contributed by atoms with Gasteiger partial charge >= 0.3 is 0 Å². The molecule has 1 atom stereocenters. The van der Waals surface area contributed by atoms with Gasteiger partial charge in [0.2, 0.25) is 0 Å². The molecule has 4 heteroatoms. The molecule has 2 rings (SSSR count). The summed E-state index contributed by atoms with van der Waals surface area (Å²) >= 11 is 0. The van der Waals surface area contributed by atoms with Gasteiger partial charge in [-0.25, -0.2) is 0 Å². The Labute approximate surface area is 112 Å². The van der Waals surface area contributed by atoms with Crippen molar-refractivity contribution in [3.63, 3.8) is 0 Å². The summed E-state index contributed by atoms with van der Waals surface area (Å²) < 4.78 is 0. The zero-order valence-electron chi connectivity index (χ0n) is 10.1. The molecule has 1 saturated heterocycles. The maximum Gasteiger partial charge on any atom is 0.00953 e. The lowest BCUT2D eigenvalue weighted by Gasteiger charge is -2.39. The van der Waals surface area contributed by atoms with E-state index in [9.17, 15) is 0 Å². The largest absolute Gasteiger partial charge is 0.330 e. The van der Waals surface area contributed by atoms with Gasteiger partial charge in [-0.05, 0) is 44.7 Å².